The number of carbonyl (C=O) groups excluding carboxylic acids is 1. The molecule has 8 heteroatoms. The number of rotatable bonds is 7. The van der Waals surface area contributed by atoms with Crippen LogP contribution in [-0.4, -0.2) is 52.6 Å². The summed E-state index contributed by atoms with van der Waals surface area (Å²) in [4.78, 5) is 23.5. The van der Waals surface area contributed by atoms with E-state index in [0.29, 0.717) is 19.7 Å². The fourth-order valence-corrected chi connectivity index (χ4v) is 3.81. The molecule has 1 aliphatic rings. The van der Waals surface area contributed by atoms with Crippen LogP contribution in [0.1, 0.15) is 43.6 Å². The van der Waals surface area contributed by atoms with Crippen molar-refractivity contribution in [3.05, 3.63) is 53.6 Å². The fraction of sp³-hybridized carbons (Fsp3) is 0.522. The number of nitrogens with one attached hydrogen (secondary N) is 1. The Morgan fingerprint density at radius 1 is 1.32 bits per heavy atom. The Balaban J connectivity index is 0.00000341. The zero-order valence-corrected chi connectivity index (χ0v) is 21.0. The van der Waals surface area contributed by atoms with Crippen LogP contribution in [-0.2, 0) is 22.6 Å². The van der Waals surface area contributed by atoms with Crippen molar-refractivity contribution in [2.75, 3.05) is 26.2 Å². The largest absolute Gasteiger partial charge is 0.466 e. The quantitative estimate of drug-likeness (QED) is 0.252. The third-order valence-corrected chi connectivity index (χ3v) is 5.36. The molecule has 0 bridgehead atoms. The van der Waals surface area contributed by atoms with Crippen molar-refractivity contribution in [2.24, 2.45) is 10.9 Å². The number of aromatic nitrogens is 2. The zero-order valence-electron chi connectivity index (χ0n) is 18.7. The van der Waals surface area contributed by atoms with E-state index in [2.05, 4.69) is 51.0 Å². The first-order valence-electron chi connectivity index (χ1n) is 10.9. The number of aryl methyl sites for hydroxylation is 1. The van der Waals surface area contributed by atoms with Crippen molar-refractivity contribution in [3.8, 4) is 0 Å². The predicted molar refractivity (Wildman–Crippen MR) is 134 cm³/mol. The highest BCUT2D eigenvalue weighted by atomic mass is 127. The second-order valence-corrected chi connectivity index (χ2v) is 7.63. The first-order valence-corrected chi connectivity index (χ1v) is 10.9. The minimum absolute atomic E-state index is 0. The number of imidazole rings is 1. The lowest BCUT2D eigenvalue weighted by Crippen LogP contribution is -2.48. The van der Waals surface area contributed by atoms with Gasteiger partial charge in [-0.1, -0.05) is 24.3 Å². The molecule has 3 rings (SSSR count). The summed E-state index contributed by atoms with van der Waals surface area (Å²) in [6.07, 6.45) is 5.67. The lowest BCUT2D eigenvalue weighted by molar-refractivity contribution is -0.149. The Hall–Kier alpha value is -2.10. The van der Waals surface area contributed by atoms with E-state index in [0.717, 1.165) is 44.3 Å². The van der Waals surface area contributed by atoms with E-state index in [1.54, 1.807) is 0 Å². The van der Waals surface area contributed by atoms with Gasteiger partial charge in [-0.3, -0.25) is 4.79 Å². The standard InChI is InChI=1S/C23H33N5O2.HI/c1-4-24-23(28-12-7-10-21(17-28)22(29)30-5-2)26-15-19-8-6-9-20(14-19)16-27-13-11-25-18(27)3;/h6,8-9,11,13-14,21H,4-5,7,10,12,15-17H2,1-3H3,(H,24,26);1H/t21-;/m0./s1. The van der Waals surface area contributed by atoms with Crippen LogP contribution >= 0.6 is 24.0 Å². The van der Waals surface area contributed by atoms with Gasteiger partial charge < -0.3 is 19.5 Å². The molecule has 0 spiro atoms. The highest BCUT2D eigenvalue weighted by Gasteiger charge is 2.28. The molecular weight excluding hydrogens is 505 g/mol. The van der Waals surface area contributed by atoms with Crippen molar-refractivity contribution in [3.63, 3.8) is 0 Å². The lowest BCUT2D eigenvalue weighted by atomic mass is 9.98. The Kier molecular flexibility index (Phi) is 10.3. The normalized spacial score (nSPS) is 16.5. The molecule has 2 aromatic rings. The van der Waals surface area contributed by atoms with E-state index >= 15 is 0 Å². The minimum Gasteiger partial charge on any atom is -0.466 e. The third kappa shape index (κ3) is 7.22. The second-order valence-electron chi connectivity index (χ2n) is 7.63. The summed E-state index contributed by atoms with van der Waals surface area (Å²) >= 11 is 0. The van der Waals surface area contributed by atoms with Gasteiger partial charge in [0.05, 0.1) is 19.1 Å². The summed E-state index contributed by atoms with van der Waals surface area (Å²) in [5.41, 5.74) is 2.40. The van der Waals surface area contributed by atoms with Crippen LogP contribution < -0.4 is 5.32 Å². The summed E-state index contributed by atoms with van der Waals surface area (Å²) in [5, 5.41) is 3.38. The number of hydrogen-bond donors (Lipinski definition) is 1. The fourth-order valence-electron chi connectivity index (χ4n) is 3.81. The van der Waals surface area contributed by atoms with E-state index < -0.39 is 0 Å². The Morgan fingerprint density at radius 2 is 2.13 bits per heavy atom. The Labute approximate surface area is 202 Å². The van der Waals surface area contributed by atoms with Gasteiger partial charge >= 0.3 is 5.97 Å². The van der Waals surface area contributed by atoms with E-state index in [-0.39, 0.29) is 35.9 Å². The molecule has 1 atom stereocenters. The van der Waals surface area contributed by atoms with Crippen molar-refractivity contribution in [2.45, 2.75) is 46.7 Å². The SMILES string of the molecule is CCNC(=NCc1cccc(Cn2ccnc2C)c1)N1CCC[C@H](C(=O)OCC)C1.I. The van der Waals surface area contributed by atoms with Crippen molar-refractivity contribution in [1.82, 2.24) is 19.8 Å². The summed E-state index contributed by atoms with van der Waals surface area (Å²) in [7, 11) is 0. The van der Waals surface area contributed by atoms with Crippen LogP contribution in [0.5, 0.6) is 0 Å². The van der Waals surface area contributed by atoms with E-state index in [9.17, 15) is 4.79 Å². The molecular formula is C23H34IN5O2. The van der Waals surface area contributed by atoms with Gasteiger partial charge in [0.25, 0.3) is 0 Å². The number of ether oxygens (including phenoxy) is 1. The predicted octanol–water partition coefficient (Wildman–Crippen LogP) is 3.60. The van der Waals surface area contributed by atoms with Crippen LogP contribution in [0.2, 0.25) is 0 Å². The molecule has 170 valence electrons. The molecule has 1 aromatic heterocycles. The molecule has 0 saturated carbocycles. The average molecular weight is 539 g/mol. The smallest absolute Gasteiger partial charge is 0.310 e. The monoisotopic (exact) mass is 539 g/mol. The van der Waals surface area contributed by atoms with E-state index in [1.165, 1.54) is 11.1 Å². The number of halogens is 1. The Morgan fingerprint density at radius 3 is 2.84 bits per heavy atom. The molecule has 1 aromatic carbocycles. The van der Waals surface area contributed by atoms with E-state index in [1.807, 2.05) is 26.2 Å². The van der Waals surface area contributed by atoms with Gasteiger partial charge in [-0.25, -0.2) is 9.98 Å². The first-order chi connectivity index (χ1) is 14.6. The number of guanidine groups is 1. The molecule has 1 saturated heterocycles. The highest BCUT2D eigenvalue weighted by molar-refractivity contribution is 14.0. The summed E-state index contributed by atoms with van der Waals surface area (Å²) < 4.78 is 7.37. The number of piperidine rings is 1. The maximum atomic E-state index is 12.2. The Bertz CT molecular complexity index is 867. The van der Waals surface area contributed by atoms with Gasteiger partial charge in [-0.2, -0.15) is 0 Å². The van der Waals surface area contributed by atoms with Crippen LogP contribution in [0.4, 0.5) is 0 Å². The van der Waals surface area contributed by atoms with Crippen molar-refractivity contribution in [1.29, 1.82) is 0 Å². The van der Waals surface area contributed by atoms with Crippen LogP contribution in [0.25, 0.3) is 0 Å². The van der Waals surface area contributed by atoms with Crippen LogP contribution in [0.15, 0.2) is 41.7 Å². The number of hydrogen-bond acceptors (Lipinski definition) is 4. The van der Waals surface area contributed by atoms with Gasteiger partial charge in [-0.05, 0) is 44.7 Å². The number of esters is 1. The molecule has 0 unspecified atom stereocenters. The molecule has 0 amide bonds. The summed E-state index contributed by atoms with van der Waals surface area (Å²) in [5.74, 6) is 1.70. The number of nitrogens with zero attached hydrogens (tertiary/aromatic N) is 4. The molecule has 0 aliphatic carbocycles. The average Bonchev–Trinajstić information content (AvgIpc) is 3.16. The molecule has 2 heterocycles. The third-order valence-electron chi connectivity index (χ3n) is 5.36. The van der Waals surface area contributed by atoms with Gasteiger partial charge in [0.2, 0.25) is 0 Å². The van der Waals surface area contributed by atoms with Gasteiger partial charge in [0.15, 0.2) is 5.96 Å². The van der Waals surface area contributed by atoms with E-state index in [4.69, 9.17) is 9.73 Å². The first kappa shape index (κ1) is 25.2. The number of carbonyl (C=O) groups is 1. The van der Waals surface area contributed by atoms with Gasteiger partial charge in [0, 0.05) is 38.6 Å². The number of benzene rings is 1. The van der Waals surface area contributed by atoms with Crippen LogP contribution in [0.3, 0.4) is 0 Å². The second kappa shape index (κ2) is 12.7. The van der Waals surface area contributed by atoms with Crippen LogP contribution in [0, 0.1) is 12.8 Å². The van der Waals surface area contributed by atoms with Crippen molar-refractivity contribution >= 4 is 35.9 Å². The molecule has 0 radical (unpaired) electrons. The lowest BCUT2D eigenvalue weighted by Gasteiger charge is -2.34. The molecule has 1 N–H and O–H groups in total. The maximum Gasteiger partial charge on any atom is 0.310 e. The summed E-state index contributed by atoms with van der Waals surface area (Å²) in [6.45, 7) is 10.1. The highest BCUT2D eigenvalue weighted by Crippen LogP contribution is 2.18. The number of aliphatic imine (C=N–C) groups is 1. The minimum atomic E-state index is -0.0967. The topological polar surface area (TPSA) is 71.8 Å². The zero-order chi connectivity index (χ0) is 21.3. The summed E-state index contributed by atoms with van der Waals surface area (Å²) in [6, 6.07) is 8.52. The molecule has 1 aliphatic heterocycles. The van der Waals surface area contributed by atoms with Crippen molar-refractivity contribution < 1.29 is 9.53 Å². The molecule has 31 heavy (non-hydrogen) atoms. The van der Waals surface area contributed by atoms with Gasteiger partial charge in [0.1, 0.15) is 5.82 Å². The molecule has 1 fully saturated rings. The molecule has 7 nitrogen and oxygen atoms in total. The van der Waals surface area contributed by atoms with Gasteiger partial charge in [-0.15, -0.1) is 24.0 Å². The number of likely N-dealkylation sites (tertiary alicyclic amines) is 1. The maximum absolute atomic E-state index is 12.2.